The molecule has 0 saturated carbocycles. The molecular weight excluding hydrogens is 262 g/mol. The van der Waals surface area contributed by atoms with Crippen LogP contribution >= 0.6 is 0 Å². The van der Waals surface area contributed by atoms with E-state index in [9.17, 15) is 13.6 Å². The van der Waals surface area contributed by atoms with Crippen LogP contribution in [0.3, 0.4) is 0 Å². The van der Waals surface area contributed by atoms with E-state index in [4.69, 9.17) is 4.74 Å². The van der Waals surface area contributed by atoms with Crippen LogP contribution in [-0.2, 0) is 0 Å². The molecule has 0 fully saturated rings. The molecule has 2 aromatic carbocycles. The van der Waals surface area contributed by atoms with Gasteiger partial charge in [0.2, 0.25) is 5.78 Å². The van der Waals surface area contributed by atoms with E-state index < -0.39 is 17.7 Å². The molecular formula is C16H14F2O2. The van der Waals surface area contributed by atoms with Gasteiger partial charge in [-0.1, -0.05) is 29.8 Å². The van der Waals surface area contributed by atoms with Gasteiger partial charge in [0.05, 0.1) is 0 Å². The minimum atomic E-state index is -1.00. The molecule has 1 atom stereocenters. The Morgan fingerprint density at radius 2 is 1.70 bits per heavy atom. The molecule has 0 spiro atoms. The maximum absolute atomic E-state index is 13.1. The van der Waals surface area contributed by atoms with Gasteiger partial charge in [-0.2, -0.15) is 0 Å². The Kier molecular flexibility index (Phi) is 4.13. The number of carbonyl (C=O) groups is 1. The highest BCUT2D eigenvalue weighted by molar-refractivity contribution is 5.99. The Morgan fingerprint density at radius 1 is 1.05 bits per heavy atom. The summed E-state index contributed by atoms with van der Waals surface area (Å²) in [6.07, 6.45) is -0.775. The fraction of sp³-hybridized carbons (Fsp3) is 0.188. The summed E-state index contributed by atoms with van der Waals surface area (Å²) in [6.45, 7) is 3.50. The number of hydrogen-bond acceptors (Lipinski definition) is 2. The quantitative estimate of drug-likeness (QED) is 0.791. The SMILES string of the molecule is Cc1ccc(C(=O)C(C)Oc2ccc(F)c(F)c2)cc1. The molecule has 0 bridgehead atoms. The smallest absolute Gasteiger partial charge is 0.202 e. The largest absolute Gasteiger partial charge is 0.482 e. The molecule has 2 nitrogen and oxygen atoms in total. The number of rotatable bonds is 4. The molecule has 0 aliphatic carbocycles. The van der Waals surface area contributed by atoms with Crippen LogP contribution < -0.4 is 4.74 Å². The summed E-state index contributed by atoms with van der Waals surface area (Å²) in [5.41, 5.74) is 1.57. The van der Waals surface area contributed by atoms with Crippen LogP contribution in [0.2, 0.25) is 0 Å². The van der Waals surface area contributed by atoms with Crippen LogP contribution in [0, 0.1) is 18.6 Å². The Bertz CT molecular complexity index is 621. The summed E-state index contributed by atoms with van der Waals surface area (Å²) >= 11 is 0. The van der Waals surface area contributed by atoms with Crippen molar-refractivity contribution in [3.63, 3.8) is 0 Å². The first-order valence-electron chi connectivity index (χ1n) is 6.20. The average Bonchev–Trinajstić information content (AvgIpc) is 2.43. The molecule has 0 amide bonds. The Labute approximate surface area is 116 Å². The van der Waals surface area contributed by atoms with Gasteiger partial charge < -0.3 is 4.74 Å². The molecule has 2 aromatic rings. The standard InChI is InChI=1S/C16H14F2O2/c1-10-3-5-12(6-4-10)16(19)11(2)20-13-7-8-14(17)15(18)9-13/h3-9,11H,1-2H3. The van der Waals surface area contributed by atoms with Gasteiger partial charge in [-0.3, -0.25) is 4.79 Å². The Balaban J connectivity index is 2.11. The normalized spacial score (nSPS) is 12.0. The predicted octanol–water partition coefficient (Wildman–Crippen LogP) is 3.92. The second kappa shape index (κ2) is 5.82. The summed E-state index contributed by atoms with van der Waals surface area (Å²) < 4.78 is 31.2. The number of Topliss-reactive ketones (excluding diaryl/α,β-unsaturated/α-hetero) is 1. The van der Waals surface area contributed by atoms with Crippen molar-refractivity contribution in [2.75, 3.05) is 0 Å². The van der Waals surface area contributed by atoms with Crippen molar-refractivity contribution in [3.8, 4) is 5.75 Å². The monoisotopic (exact) mass is 276 g/mol. The lowest BCUT2D eigenvalue weighted by Crippen LogP contribution is -2.24. The van der Waals surface area contributed by atoms with E-state index in [0.717, 1.165) is 17.7 Å². The third-order valence-corrected chi connectivity index (χ3v) is 2.91. The first-order chi connectivity index (χ1) is 9.47. The molecule has 1 unspecified atom stereocenters. The van der Waals surface area contributed by atoms with E-state index in [1.807, 2.05) is 19.1 Å². The van der Waals surface area contributed by atoms with Crippen LogP contribution in [0.1, 0.15) is 22.8 Å². The molecule has 20 heavy (non-hydrogen) atoms. The highest BCUT2D eigenvalue weighted by Gasteiger charge is 2.17. The van der Waals surface area contributed by atoms with Gasteiger partial charge in [-0.25, -0.2) is 8.78 Å². The van der Waals surface area contributed by atoms with E-state index in [0.29, 0.717) is 5.56 Å². The molecule has 0 heterocycles. The van der Waals surface area contributed by atoms with Gasteiger partial charge in [0.25, 0.3) is 0 Å². The van der Waals surface area contributed by atoms with Crippen molar-refractivity contribution in [3.05, 3.63) is 65.2 Å². The van der Waals surface area contributed by atoms with Gasteiger partial charge >= 0.3 is 0 Å². The lowest BCUT2D eigenvalue weighted by molar-refractivity contribution is 0.0817. The third-order valence-electron chi connectivity index (χ3n) is 2.91. The highest BCUT2D eigenvalue weighted by Crippen LogP contribution is 2.18. The summed E-state index contributed by atoms with van der Waals surface area (Å²) in [5, 5.41) is 0. The lowest BCUT2D eigenvalue weighted by atomic mass is 10.1. The van der Waals surface area contributed by atoms with Gasteiger partial charge in [0, 0.05) is 11.6 Å². The number of ketones is 1. The number of ether oxygens (including phenoxy) is 1. The van der Waals surface area contributed by atoms with Crippen LogP contribution in [-0.4, -0.2) is 11.9 Å². The van der Waals surface area contributed by atoms with Crippen LogP contribution in [0.5, 0.6) is 5.75 Å². The zero-order valence-electron chi connectivity index (χ0n) is 11.2. The zero-order chi connectivity index (χ0) is 14.7. The van der Waals surface area contributed by atoms with E-state index >= 15 is 0 Å². The van der Waals surface area contributed by atoms with E-state index in [1.165, 1.54) is 6.07 Å². The number of carbonyl (C=O) groups excluding carboxylic acids is 1. The molecule has 0 N–H and O–H groups in total. The van der Waals surface area contributed by atoms with E-state index in [1.54, 1.807) is 19.1 Å². The van der Waals surface area contributed by atoms with E-state index in [-0.39, 0.29) is 11.5 Å². The van der Waals surface area contributed by atoms with Crippen LogP contribution in [0.15, 0.2) is 42.5 Å². The van der Waals surface area contributed by atoms with Crippen LogP contribution in [0.25, 0.3) is 0 Å². The molecule has 0 aliphatic heterocycles. The van der Waals surface area contributed by atoms with Crippen molar-refractivity contribution in [1.29, 1.82) is 0 Å². The van der Waals surface area contributed by atoms with Crippen LogP contribution in [0.4, 0.5) is 8.78 Å². The fourth-order valence-electron chi connectivity index (χ4n) is 1.76. The number of hydrogen-bond donors (Lipinski definition) is 0. The minimum Gasteiger partial charge on any atom is -0.482 e. The molecule has 0 aromatic heterocycles. The van der Waals surface area contributed by atoms with Crippen molar-refractivity contribution >= 4 is 5.78 Å². The second-order valence-electron chi connectivity index (χ2n) is 4.57. The van der Waals surface area contributed by atoms with Crippen molar-refractivity contribution in [1.82, 2.24) is 0 Å². The van der Waals surface area contributed by atoms with Crippen molar-refractivity contribution < 1.29 is 18.3 Å². The van der Waals surface area contributed by atoms with Gasteiger partial charge in [-0.05, 0) is 26.0 Å². The van der Waals surface area contributed by atoms with Gasteiger partial charge in [0.1, 0.15) is 5.75 Å². The number of benzene rings is 2. The zero-order valence-corrected chi connectivity index (χ0v) is 11.2. The predicted molar refractivity (Wildman–Crippen MR) is 72.0 cm³/mol. The van der Waals surface area contributed by atoms with Crippen molar-refractivity contribution in [2.45, 2.75) is 20.0 Å². The minimum absolute atomic E-state index is 0.122. The summed E-state index contributed by atoms with van der Waals surface area (Å²) in [7, 11) is 0. The summed E-state index contributed by atoms with van der Waals surface area (Å²) in [4.78, 5) is 12.1. The molecule has 0 aliphatic rings. The summed E-state index contributed by atoms with van der Waals surface area (Å²) in [5.74, 6) is -2.04. The number of halogens is 2. The molecule has 2 rings (SSSR count). The van der Waals surface area contributed by atoms with Crippen molar-refractivity contribution in [2.24, 2.45) is 0 Å². The number of aryl methyl sites for hydroxylation is 1. The third kappa shape index (κ3) is 3.20. The Hall–Kier alpha value is -2.23. The first-order valence-corrected chi connectivity index (χ1v) is 6.20. The second-order valence-corrected chi connectivity index (χ2v) is 4.57. The first kappa shape index (κ1) is 14.2. The van der Waals surface area contributed by atoms with Gasteiger partial charge in [-0.15, -0.1) is 0 Å². The average molecular weight is 276 g/mol. The lowest BCUT2D eigenvalue weighted by Gasteiger charge is -2.14. The molecule has 0 radical (unpaired) electrons. The Morgan fingerprint density at radius 3 is 2.30 bits per heavy atom. The maximum Gasteiger partial charge on any atom is 0.202 e. The molecule has 4 heteroatoms. The fourth-order valence-corrected chi connectivity index (χ4v) is 1.76. The maximum atomic E-state index is 13.1. The molecule has 104 valence electrons. The molecule has 0 saturated heterocycles. The summed E-state index contributed by atoms with van der Waals surface area (Å²) in [6, 6.07) is 10.3. The highest BCUT2D eigenvalue weighted by atomic mass is 19.2. The topological polar surface area (TPSA) is 26.3 Å². The van der Waals surface area contributed by atoms with Gasteiger partial charge in [0.15, 0.2) is 17.7 Å². The van der Waals surface area contributed by atoms with E-state index in [2.05, 4.69) is 0 Å².